The van der Waals surface area contributed by atoms with Gasteiger partial charge < -0.3 is 4.98 Å². The number of hydrogen-bond donors (Lipinski definition) is 1. The zero-order chi connectivity index (χ0) is 13.7. The summed E-state index contributed by atoms with van der Waals surface area (Å²) in [7, 11) is 0. The molecule has 96 valence electrons. The molecular formula is C16H9NO2S. The highest BCUT2D eigenvalue weighted by Crippen LogP contribution is 2.26. The molecule has 0 spiro atoms. The maximum absolute atomic E-state index is 11.9. The molecule has 1 heterocycles. The summed E-state index contributed by atoms with van der Waals surface area (Å²) in [5.74, 6) is 0. The fraction of sp³-hybridized carbons (Fsp3) is 0. The molecule has 0 bridgehead atoms. The van der Waals surface area contributed by atoms with E-state index in [-0.39, 0.29) is 0 Å². The summed E-state index contributed by atoms with van der Waals surface area (Å²) in [6.45, 7) is 0. The van der Waals surface area contributed by atoms with Gasteiger partial charge in [0.15, 0.2) is 0 Å². The number of aromatic amines is 1. The van der Waals surface area contributed by atoms with Crippen LogP contribution in [-0.2, 0) is 0 Å². The van der Waals surface area contributed by atoms with E-state index in [0.717, 1.165) is 20.3 Å². The smallest absolute Gasteiger partial charge is 0.250 e. The van der Waals surface area contributed by atoms with Gasteiger partial charge in [0.05, 0.1) is 15.6 Å². The zero-order valence-corrected chi connectivity index (χ0v) is 11.2. The molecule has 4 rings (SSSR count). The summed E-state index contributed by atoms with van der Waals surface area (Å²) >= 11 is 1.60. The van der Waals surface area contributed by atoms with Gasteiger partial charge in [0.2, 0.25) is 5.43 Å². The van der Waals surface area contributed by atoms with E-state index in [2.05, 4.69) is 4.98 Å². The van der Waals surface area contributed by atoms with Crippen molar-refractivity contribution in [3.63, 3.8) is 0 Å². The Morgan fingerprint density at radius 3 is 2.35 bits per heavy atom. The van der Waals surface area contributed by atoms with Crippen LogP contribution in [0, 0.1) is 0 Å². The molecule has 0 radical (unpaired) electrons. The molecule has 3 aromatic carbocycles. The molecule has 1 N–H and O–H groups in total. The SMILES string of the molecule is O=c1c(=O)c2c1[nH]c1ccccc1sc1ccccc12. The molecule has 0 fully saturated rings. The van der Waals surface area contributed by atoms with E-state index in [4.69, 9.17) is 0 Å². The third-order valence-corrected chi connectivity index (χ3v) is 4.59. The van der Waals surface area contributed by atoms with Crippen molar-refractivity contribution in [2.24, 2.45) is 0 Å². The Kier molecular flexibility index (Phi) is 2.28. The van der Waals surface area contributed by atoms with Crippen LogP contribution in [0.2, 0.25) is 0 Å². The van der Waals surface area contributed by atoms with Crippen molar-refractivity contribution in [2.45, 2.75) is 0 Å². The predicted octanol–water partition coefficient (Wildman–Crippen LogP) is 3.26. The summed E-state index contributed by atoms with van der Waals surface area (Å²) in [6, 6.07) is 15.5. The first-order valence-electron chi connectivity index (χ1n) is 6.22. The van der Waals surface area contributed by atoms with Crippen LogP contribution in [0.1, 0.15) is 0 Å². The fourth-order valence-electron chi connectivity index (χ4n) is 2.44. The van der Waals surface area contributed by atoms with Gasteiger partial charge in [-0.1, -0.05) is 30.3 Å². The zero-order valence-electron chi connectivity index (χ0n) is 10.3. The standard InChI is InChI=1S/C16H9NO2S/c18-15-13-9-5-1-3-7-11(9)20-12-8-4-2-6-10(12)17-14(13)16(15)19/h1-8,17H. The van der Waals surface area contributed by atoms with Crippen molar-refractivity contribution in [3.8, 4) is 0 Å². The Balaban J connectivity index is 2.42. The van der Waals surface area contributed by atoms with Crippen molar-refractivity contribution in [2.75, 3.05) is 0 Å². The molecule has 4 heteroatoms. The van der Waals surface area contributed by atoms with E-state index in [0.29, 0.717) is 10.9 Å². The lowest BCUT2D eigenvalue weighted by molar-refractivity contribution is 1.43. The quantitative estimate of drug-likeness (QED) is 0.502. The first kappa shape index (κ1) is 11.4. The Morgan fingerprint density at radius 1 is 0.800 bits per heavy atom. The molecule has 0 aliphatic carbocycles. The van der Waals surface area contributed by atoms with Crippen molar-refractivity contribution in [1.29, 1.82) is 0 Å². The van der Waals surface area contributed by atoms with Crippen LogP contribution in [0.15, 0.2) is 58.1 Å². The van der Waals surface area contributed by atoms with E-state index in [9.17, 15) is 9.59 Å². The van der Waals surface area contributed by atoms with Crippen LogP contribution in [0.25, 0.3) is 31.2 Å². The number of aromatic nitrogens is 1. The maximum atomic E-state index is 11.9. The first-order chi connectivity index (χ1) is 9.75. The van der Waals surface area contributed by atoms with Crippen LogP contribution in [0.4, 0.5) is 0 Å². The second-order valence-electron chi connectivity index (χ2n) is 4.63. The molecule has 4 aromatic rings. The highest BCUT2D eigenvalue weighted by Gasteiger charge is 2.14. The summed E-state index contributed by atoms with van der Waals surface area (Å²) in [4.78, 5) is 26.8. The minimum atomic E-state index is -0.434. The van der Waals surface area contributed by atoms with Crippen LogP contribution >= 0.6 is 11.3 Å². The molecule has 0 aliphatic rings. The average molecular weight is 279 g/mol. The average Bonchev–Trinajstić information content (AvgIpc) is 2.47. The van der Waals surface area contributed by atoms with E-state index in [1.54, 1.807) is 11.3 Å². The van der Waals surface area contributed by atoms with E-state index in [1.807, 2.05) is 48.5 Å². The largest absolute Gasteiger partial charge is 0.350 e. The van der Waals surface area contributed by atoms with Gasteiger partial charge in [-0.2, -0.15) is 0 Å². The molecule has 3 nitrogen and oxygen atoms in total. The molecule has 1 aromatic heterocycles. The van der Waals surface area contributed by atoms with Gasteiger partial charge in [0, 0.05) is 10.1 Å². The highest BCUT2D eigenvalue weighted by atomic mass is 32.1. The van der Waals surface area contributed by atoms with Crippen molar-refractivity contribution in [1.82, 2.24) is 4.98 Å². The Hall–Kier alpha value is -2.46. The van der Waals surface area contributed by atoms with E-state index >= 15 is 0 Å². The number of benzene rings is 2. The van der Waals surface area contributed by atoms with Gasteiger partial charge in [-0.05, 0) is 18.2 Å². The second kappa shape index (κ2) is 4.02. The molecule has 0 saturated carbocycles. The molecule has 20 heavy (non-hydrogen) atoms. The molecule has 0 saturated heterocycles. The summed E-state index contributed by atoms with van der Waals surface area (Å²) < 4.78 is 2.04. The Bertz CT molecular complexity index is 1090. The molecule has 0 unspecified atom stereocenters. The molecule has 0 amide bonds. The van der Waals surface area contributed by atoms with Gasteiger partial charge in [-0.25, -0.2) is 0 Å². The van der Waals surface area contributed by atoms with E-state index in [1.165, 1.54) is 0 Å². The minimum absolute atomic E-state index is 0.403. The summed E-state index contributed by atoms with van der Waals surface area (Å²) in [5, 5.41) is 1.34. The normalized spacial score (nSPS) is 11.4. The third-order valence-electron chi connectivity index (χ3n) is 3.43. The number of fused-ring (bicyclic) bond motifs is 4. The topological polar surface area (TPSA) is 49.9 Å². The minimum Gasteiger partial charge on any atom is -0.350 e. The first-order valence-corrected chi connectivity index (χ1v) is 7.04. The van der Waals surface area contributed by atoms with Crippen molar-refractivity contribution in [3.05, 3.63) is 69.0 Å². The van der Waals surface area contributed by atoms with Crippen LogP contribution in [-0.4, -0.2) is 4.98 Å². The van der Waals surface area contributed by atoms with Gasteiger partial charge in [0.25, 0.3) is 5.43 Å². The third kappa shape index (κ3) is 1.45. The molecule has 0 atom stereocenters. The van der Waals surface area contributed by atoms with Crippen LogP contribution in [0.5, 0.6) is 0 Å². The fourth-order valence-corrected chi connectivity index (χ4v) is 3.48. The lowest BCUT2D eigenvalue weighted by Crippen LogP contribution is -2.31. The Labute approximate surface area is 117 Å². The monoisotopic (exact) mass is 279 g/mol. The van der Waals surface area contributed by atoms with Crippen LogP contribution in [0.3, 0.4) is 0 Å². The van der Waals surface area contributed by atoms with Crippen LogP contribution < -0.4 is 10.9 Å². The van der Waals surface area contributed by atoms with E-state index < -0.39 is 10.9 Å². The lowest BCUT2D eigenvalue weighted by Gasteiger charge is -2.04. The highest BCUT2D eigenvalue weighted by molar-refractivity contribution is 7.24. The maximum Gasteiger partial charge on any atom is 0.250 e. The van der Waals surface area contributed by atoms with Gasteiger partial charge in [0.1, 0.15) is 5.52 Å². The second-order valence-corrected chi connectivity index (χ2v) is 5.71. The van der Waals surface area contributed by atoms with Gasteiger partial charge in [-0.3, -0.25) is 9.59 Å². The van der Waals surface area contributed by atoms with Crippen molar-refractivity contribution >= 4 is 42.5 Å². The number of nitrogens with one attached hydrogen (secondary N) is 1. The Morgan fingerprint density at radius 2 is 1.50 bits per heavy atom. The summed E-state index contributed by atoms with van der Waals surface area (Å²) in [6.07, 6.45) is 0. The van der Waals surface area contributed by atoms with Gasteiger partial charge >= 0.3 is 0 Å². The molecular weight excluding hydrogens is 270 g/mol. The number of rotatable bonds is 0. The lowest BCUT2D eigenvalue weighted by atomic mass is 10.1. The van der Waals surface area contributed by atoms with Crippen molar-refractivity contribution < 1.29 is 0 Å². The number of H-pyrrole nitrogens is 1. The molecule has 0 aliphatic heterocycles. The summed E-state index contributed by atoms with van der Waals surface area (Å²) in [5.41, 5.74) is 0.437. The number of para-hydroxylation sites is 1. The number of hydrogen-bond acceptors (Lipinski definition) is 3. The predicted molar refractivity (Wildman–Crippen MR) is 83.7 cm³/mol. The van der Waals surface area contributed by atoms with Gasteiger partial charge in [-0.15, -0.1) is 11.3 Å².